The lowest BCUT2D eigenvalue weighted by atomic mass is 9.77. The average Bonchev–Trinajstić information content (AvgIpc) is 3.44. The molecule has 0 saturated carbocycles. The molecule has 2 fully saturated rings. The van der Waals surface area contributed by atoms with E-state index in [0.717, 1.165) is 10.4 Å². The summed E-state index contributed by atoms with van der Waals surface area (Å²) < 4.78 is 11.7. The highest BCUT2D eigenvalue weighted by atomic mass is 32.1. The molecule has 1 unspecified atom stereocenters. The quantitative estimate of drug-likeness (QED) is 0.590. The maximum atomic E-state index is 13.1. The van der Waals surface area contributed by atoms with Crippen LogP contribution in [0.25, 0.3) is 0 Å². The molecule has 3 aliphatic rings. The minimum absolute atomic E-state index is 0.0167. The van der Waals surface area contributed by atoms with Gasteiger partial charge in [0.05, 0.1) is 25.1 Å². The molecular weight excluding hydrogens is 362 g/mol. The van der Waals surface area contributed by atoms with Gasteiger partial charge in [-0.15, -0.1) is 11.3 Å². The zero-order valence-corrected chi connectivity index (χ0v) is 15.4. The number of ether oxygens (including phenoxy) is 2. The molecule has 2 aromatic rings. The molecule has 6 heteroatoms. The van der Waals surface area contributed by atoms with Gasteiger partial charge in [-0.1, -0.05) is 48.6 Å². The first-order valence-corrected chi connectivity index (χ1v) is 9.93. The molecule has 1 spiro atoms. The van der Waals surface area contributed by atoms with Gasteiger partial charge in [-0.05, 0) is 17.0 Å². The van der Waals surface area contributed by atoms with Gasteiger partial charge in [0.2, 0.25) is 5.91 Å². The maximum Gasteiger partial charge on any atom is 0.313 e. The summed E-state index contributed by atoms with van der Waals surface area (Å²) in [5.74, 6) is -1.43. The molecule has 4 heterocycles. The van der Waals surface area contributed by atoms with Crippen LogP contribution in [-0.4, -0.2) is 35.0 Å². The van der Waals surface area contributed by atoms with Crippen LogP contribution >= 0.6 is 11.3 Å². The summed E-state index contributed by atoms with van der Waals surface area (Å²) in [7, 11) is 0. The number of carbonyl (C=O) groups is 2. The van der Waals surface area contributed by atoms with E-state index < -0.39 is 17.4 Å². The number of rotatable bonds is 5. The van der Waals surface area contributed by atoms with Gasteiger partial charge in [-0.3, -0.25) is 9.59 Å². The normalized spacial score (nSPS) is 30.7. The summed E-state index contributed by atoms with van der Waals surface area (Å²) in [6.07, 6.45) is 3.51. The molecule has 0 N–H and O–H groups in total. The smallest absolute Gasteiger partial charge is 0.313 e. The van der Waals surface area contributed by atoms with Crippen LogP contribution in [0.4, 0.5) is 0 Å². The standard InChI is InChI=1S/C21H19NO4S/c23-19-18-17(20(24)25-12-14-5-2-1-3-6-14)16-8-9-21(18,26-16)13-22(19)11-15-7-4-10-27-15/h1-10,16-18H,11-13H2/t16-,17?,18+,21-/m1/s1. The third-order valence-corrected chi connectivity index (χ3v) is 6.46. The minimum atomic E-state index is -0.685. The highest BCUT2D eigenvalue weighted by Crippen LogP contribution is 2.52. The molecule has 5 nitrogen and oxygen atoms in total. The van der Waals surface area contributed by atoms with Gasteiger partial charge >= 0.3 is 5.97 Å². The third kappa shape index (κ3) is 2.71. The lowest BCUT2D eigenvalue weighted by Crippen LogP contribution is -2.39. The molecule has 2 saturated heterocycles. The second-order valence-corrected chi connectivity index (χ2v) is 8.30. The Morgan fingerprint density at radius 3 is 2.89 bits per heavy atom. The summed E-state index contributed by atoms with van der Waals surface area (Å²) >= 11 is 1.63. The van der Waals surface area contributed by atoms with Gasteiger partial charge in [0.1, 0.15) is 18.1 Å². The molecule has 27 heavy (non-hydrogen) atoms. The van der Waals surface area contributed by atoms with Crippen LogP contribution in [0.1, 0.15) is 10.4 Å². The molecule has 1 aromatic carbocycles. The first-order valence-electron chi connectivity index (χ1n) is 9.05. The van der Waals surface area contributed by atoms with Gasteiger partial charge in [0.15, 0.2) is 0 Å². The number of nitrogens with zero attached hydrogens (tertiary/aromatic N) is 1. The van der Waals surface area contributed by atoms with E-state index in [9.17, 15) is 9.59 Å². The Bertz CT molecular complexity index is 894. The molecule has 1 amide bonds. The summed E-state index contributed by atoms with van der Waals surface area (Å²) in [5.41, 5.74) is 0.243. The van der Waals surface area contributed by atoms with Crippen LogP contribution in [0, 0.1) is 11.8 Å². The Morgan fingerprint density at radius 1 is 1.26 bits per heavy atom. The van der Waals surface area contributed by atoms with E-state index in [1.54, 1.807) is 16.2 Å². The maximum absolute atomic E-state index is 13.1. The van der Waals surface area contributed by atoms with Crippen molar-refractivity contribution in [1.29, 1.82) is 0 Å². The van der Waals surface area contributed by atoms with Gasteiger partial charge in [0, 0.05) is 4.88 Å². The van der Waals surface area contributed by atoms with Crippen LogP contribution in [0.5, 0.6) is 0 Å². The summed E-state index contributed by atoms with van der Waals surface area (Å²) in [6, 6.07) is 13.6. The van der Waals surface area contributed by atoms with Crippen molar-refractivity contribution >= 4 is 23.2 Å². The summed E-state index contributed by atoms with van der Waals surface area (Å²) in [6.45, 7) is 1.26. The Hall–Kier alpha value is -2.44. The molecule has 3 aliphatic heterocycles. The Morgan fingerprint density at radius 2 is 2.11 bits per heavy atom. The molecular formula is C21H19NO4S. The topological polar surface area (TPSA) is 55.8 Å². The molecule has 0 aliphatic carbocycles. The largest absolute Gasteiger partial charge is 0.460 e. The Kier molecular flexibility index (Phi) is 3.91. The van der Waals surface area contributed by atoms with Crippen molar-refractivity contribution in [3.63, 3.8) is 0 Å². The second kappa shape index (κ2) is 6.32. The number of amides is 1. The minimum Gasteiger partial charge on any atom is -0.460 e. The Labute approximate surface area is 161 Å². The first kappa shape index (κ1) is 16.7. The second-order valence-electron chi connectivity index (χ2n) is 7.27. The number of thiophene rings is 1. The van der Waals surface area contributed by atoms with Crippen LogP contribution < -0.4 is 0 Å². The zero-order valence-electron chi connectivity index (χ0n) is 14.6. The molecule has 1 aromatic heterocycles. The fraction of sp³-hybridized carbons (Fsp3) is 0.333. The highest BCUT2D eigenvalue weighted by Gasteiger charge is 2.67. The van der Waals surface area contributed by atoms with Gasteiger partial charge in [-0.25, -0.2) is 0 Å². The van der Waals surface area contributed by atoms with Crippen molar-refractivity contribution in [1.82, 2.24) is 4.90 Å². The molecule has 138 valence electrons. The van der Waals surface area contributed by atoms with E-state index in [-0.39, 0.29) is 24.6 Å². The van der Waals surface area contributed by atoms with E-state index in [1.165, 1.54) is 0 Å². The molecule has 5 rings (SSSR count). The fourth-order valence-corrected chi connectivity index (χ4v) is 5.12. The van der Waals surface area contributed by atoms with Crippen molar-refractivity contribution < 1.29 is 19.1 Å². The van der Waals surface area contributed by atoms with Crippen LogP contribution in [0.15, 0.2) is 60.0 Å². The average molecular weight is 381 g/mol. The van der Waals surface area contributed by atoms with Crippen LogP contribution in [0.2, 0.25) is 0 Å². The first-order chi connectivity index (χ1) is 13.2. The number of esters is 1. The van der Waals surface area contributed by atoms with Crippen molar-refractivity contribution in [2.24, 2.45) is 11.8 Å². The van der Waals surface area contributed by atoms with E-state index in [0.29, 0.717) is 13.1 Å². The SMILES string of the molecule is O=C(OCc1ccccc1)C1[C@H]2C(=O)N(Cc3cccs3)C[C@]23C=C[C@H]1O3. The van der Waals surface area contributed by atoms with Crippen molar-refractivity contribution in [2.75, 3.05) is 6.54 Å². The van der Waals surface area contributed by atoms with E-state index in [2.05, 4.69) is 0 Å². The van der Waals surface area contributed by atoms with Crippen molar-refractivity contribution in [3.05, 3.63) is 70.4 Å². The molecule has 4 atom stereocenters. The summed E-state index contributed by atoms with van der Waals surface area (Å²) in [4.78, 5) is 28.8. The predicted molar refractivity (Wildman–Crippen MR) is 99.7 cm³/mol. The van der Waals surface area contributed by atoms with Crippen LogP contribution in [-0.2, 0) is 32.2 Å². The number of carbonyl (C=O) groups excluding carboxylic acids is 2. The third-order valence-electron chi connectivity index (χ3n) is 5.60. The number of fused-ring (bicyclic) bond motifs is 1. The van der Waals surface area contributed by atoms with Crippen LogP contribution in [0.3, 0.4) is 0 Å². The monoisotopic (exact) mass is 381 g/mol. The molecule has 2 bridgehead atoms. The number of benzene rings is 1. The van der Waals surface area contributed by atoms with E-state index >= 15 is 0 Å². The highest BCUT2D eigenvalue weighted by molar-refractivity contribution is 7.09. The fourth-order valence-electron chi connectivity index (χ4n) is 4.40. The number of hydrogen-bond donors (Lipinski definition) is 0. The van der Waals surface area contributed by atoms with Gasteiger partial charge < -0.3 is 14.4 Å². The lowest BCUT2D eigenvalue weighted by Gasteiger charge is -2.22. The Balaban J connectivity index is 1.33. The van der Waals surface area contributed by atoms with Crippen molar-refractivity contribution in [2.45, 2.75) is 24.9 Å². The number of hydrogen-bond acceptors (Lipinski definition) is 5. The number of likely N-dealkylation sites (tertiary alicyclic amines) is 1. The van der Waals surface area contributed by atoms with Gasteiger partial charge in [-0.2, -0.15) is 0 Å². The predicted octanol–water partition coefficient (Wildman–Crippen LogP) is 2.77. The lowest BCUT2D eigenvalue weighted by molar-refractivity contribution is -0.155. The zero-order chi connectivity index (χ0) is 18.4. The van der Waals surface area contributed by atoms with Crippen molar-refractivity contribution in [3.8, 4) is 0 Å². The van der Waals surface area contributed by atoms with E-state index in [4.69, 9.17) is 9.47 Å². The molecule has 0 radical (unpaired) electrons. The van der Waals surface area contributed by atoms with Gasteiger partial charge in [0.25, 0.3) is 0 Å². The summed E-state index contributed by atoms with van der Waals surface area (Å²) in [5, 5.41) is 2.00. The van der Waals surface area contributed by atoms with E-state index in [1.807, 2.05) is 60.0 Å².